The number of phenols is 1. The third-order valence-corrected chi connectivity index (χ3v) is 5.69. The Hall–Kier alpha value is -3.91. The fourth-order valence-electron chi connectivity index (χ4n) is 3.44. The van der Waals surface area contributed by atoms with Gasteiger partial charge >= 0.3 is 0 Å². The number of aromatic hydroxyl groups is 1. The van der Waals surface area contributed by atoms with Gasteiger partial charge in [-0.05, 0) is 52.3 Å². The van der Waals surface area contributed by atoms with E-state index in [9.17, 15) is 9.90 Å². The summed E-state index contributed by atoms with van der Waals surface area (Å²) >= 11 is 3.47. The van der Waals surface area contributed by atoms with Crippen LogP contribution in [0.5, 0.6) is 17.2 Å². The number of amides is 1. The third kappa shape index (κ3) is 3.76. The predicted molar refractivity (Wildman–Crippen MR) is 124 cm³/mol. The van der Waals surface area contributed by atoms with Crippen molar-refractivity contribution in [3.63, 3.8) is 0 Å². The first-order valence-corrected chi connectivity index (χ1v) is 10.5. The molecule has 3 aromatic carbocycles. The molecule has 2 N–H and O–H groups in total. The summed E-state index contributed by atoms with van der Waals surface area (Å²) in [6, 6.07) is 19.4. The Bertz CT molecular complexity index is 1390. The number of rotatable bonds is 4. The minimum Gasteiger partial charge on any atom is -0.507 e. The lowest BCUT2D eigenvalue weighted by molar-refractivity contribution is 0.0956. The van der Waals surface area contributed by atoms with E-state index in [2.05, 4.69) is 31.4 Å². The van der Waals surface area contributed by atoms with E-state index in [0.717, 1.165) is 10.0 Å². The molecule has 0 fully saturated rings. The molecule has 0 saturated carbocycles. The standard InChI is InChI=1S/C24H16BrN3O4/c25-18-11-23-22(31-13-32-23)9-14(18)12-26-28-24(30)17-10-20(16-6-2-4-8-21(16)29)27-19-7-3-1-5-15(17)19/h1-12,29H,13H2,(H,28,30). The van der Waals surface area contributed by atoms with Crippen LogP contribution in [0.1, 0.15) is 15.9 Å². The van der Waals surface area contributed by atoms with Crippen LogP contribution in [0.3, 0.4) is 0 Å². The maximum absolute atomic E-state index is 13.0. The topological polar surface area (TPSA) is 93.0 Å². The lowest BCUT2D eigenvalue weighted by atomic mass is 10.0. The summed E-state index contributed by atoms with van der Waals surface area (Å²) in [6.45, 7) is 0.174. The van der Waals surface area contributed by atoms with Gasteiger partial charge in [-0.15, -0.1) is 0 Å². The molecule has 0 spiro atoms. The number of halogens is 1. The zero-order valence-corrected chi connectivity index (χ0v) is 18.2. The van der Waals surface area contributed by atoms with E-state index in [1.54, 1.807) is 42.5 Å². The van der Waals surface area contributed by atoms with Crippen molar-refractivity contribution >= 4 is 39.0 Å². The molecule has 0 atom stereocenters. The van der Waals surface area contributed by atoms with Gasteiger partial charge in [-0.25, -0.2) is 10.4 Å². The van der Waals surface area contributed by atoms with E-state index in [1.807, 2.05) is 24.3 Å². The normalized spacial score (nSPS) is 12.4. The molecule has 2 heterocycles. The molecule has 1 aliphatic rings. The highest BCUT2D eigenvalue weighted by molar-refractivity contribution is 9.10. The van der Waals surface area contributed by atoms with Crippen LogP contribution in [-0.4, -0.2) is 29.0 Å². The lowest BCUT2D eigenvalue weighted by Gasteiger charge is -2.10. The summed E-state index contributed by atoms with van der Waals surface area (Å²) in [5.74, 6) is 0.965. The van der Waals surface area contributed by atoms with Crippen molar-refractivity contribution in [2.75, 3.05) is 6.79 Å². The Kier molecular flexibility index (Phi) is 5.20. The number of hydrogen-bond donors (Lipinski definition) is 2. The molecule has 1 aliphatic heterocycles. The van der Waals surface area contributed by atoms with E-state index in [1.165, 1.54) is 6.21 Å². The SMILES string of the molecule is O=C(NN=Cc1cc2c(cc1Br)OCO2)c1cc(-c2ccccc2O)nc2ccccc12. The first-order valence-electron chi connectivity index (χ1n) is 9.71. The summed E-state index contributed by atoms with van der Waals surface area (Å²) in [7, 11) is 0. The predicted octanol–water partition coefficient (Wildman–Crippen LogP) is 4.86. The van der Waals surface area contributed by atoms with Crippen molar-refractivity contribution in [3.8, 4) is 28.5 Å². The van der Waals surface area contributed by atoms with Gasteiger partial charge in [-0.3, -0.25) is 4.79 Å². The van der Waals surface area contributed by atoms with Gasteiger partial charge in [0, 0.05) is 21.0 Å². The van der Waals surface area contributed by atoms with Gasteiger partial charge in [0.15, 0.2) is 11.5 Å². The number of pyridine rings is 1. The first-order chi connectivity index (χ1) is 15.6. The van der Waals surface area contributed by atoms with Crippen LogP contribution >= 0.6 is 15.9 Å². The third-order valence-electron chi connectivity index (χ3n) is 5.00. The van der Waals surface area contributed by atoms with Gasteiger partial charge < -0.3 is 14.6 Å². The van der Waals surface area contributed by atoms with Crippen molar-refractivity contribution in [3.05, 3.63) is 82.3 Å². The van der Waals surface area contributed by atoms with Crippen molar-refractivity contribution in [1.82, 2.24) is 10.4 Å². The van der Waals surface area contributed by atoms with E-state index in [4.69, 9.17) is 9.47 Å². The van der Waals surface area contributed by atoms with Crippen molar-refractivity contribution in [2.24, 2.45) is 5.10 Å². The Labute approximate surface area is 191 Å². The summed E-state index contributed by atoms with van der Waals surface area (Å²) in [6.07, 6.45) is 1.53. The van der Waals surface area contributed by atoms with Crippen LogP contribution < -0.4 is 14.9 Å². The van der Waals surface area contributed by atoms with E-state index < -0.39 is 5.91 Å². The average Bonchev–Trinajstić information content (AvgIpc) is 3.25. The smallest absolute Gasteiger partial charge is 0.272 e. The average molecular weight is 490 g/mol. The fourth-order valence-corrected chi connectivity index (χ4v) is 3.87. The number of para-hydroxylation sites is 2. The molecule has 5 rings (SSSR count). The minimum atomic E-state index is -0.395. The Morgan fingerprint density at radius 3 is 2.66 bits per heavy atom. The van der Waals surface area contributed by atoms with E-state index in [0.29, 0.717) is 39.2 Å². The number of nitrogens with one attached hydrogen (secondary N) is 1. The second-order valence-electron chi connectivity index (χ2n) is 7.02. The highest BCUT2D eigenvalue weighted by atomic mass is 79.9. The summed E-state index contributed by atoms with van der Waals surface area (Å²) in [5.41, 5.74) is 5.38. The molecule has 0 bridgehead atoms. The monoisotopic (exact) mass is 489 g/mol. The van der Waals surface area contributed by atoms with Crippen LogP contribution in [-0.2, 0) is 0 Å². The molecule has 0 radical (unpaired) electrons. The van der Waals surface area contributed by atoms with Gasteiger partial charge in [0.2, 0.25) is 6.79 Å². The number of phenolic OH excluding ortho intramolecular Hbond substituents is 1. The molecule has 1 amide bonds. The van der Waals surface area contributed by atoms with Crippen LogP contribution in [0.2, 0.25) is 0 Å². The molecular formula is C24H16BrN3O4. The largest absolute Gasteiger partial charge is 0.507 e. The molecular weight excluding hydrogens is 474 g/mol. The molecule has 8 heteroatoms. The summed E-state index contributed by atoms with van der Waals surface area (Å²) < 4.78 is 11.5. The molecule has 7 nitrogen and oxygen atoms in total. The quantitative estimate of drug-likeness (QED) is 0.315. The van der Waals surface area contributed by atoms with Crippen molar-refractivity contribution in [1.29, 1.82) is 0 Å². The highest BCUT2D eigenvalue weighted by Gasteiger charge is 2.17. The molecule has 0 saturated heterocycles. The van der Waals surface area contributed by atoms with Crippen LogP contribution in [0.25, 0.3) is 22.2 Å². The van der Waals surface area contributed by atoms with Crippen LogP contribution in [0.4, 0.5) is 0 Å². The maximum Gasteiger partial charge on any atom is 0.272 e. The molecule has 158 valence electrons. The fraction of sp³-hybridized carbons (Fsp3) is 0.0417. The zero-order chi connectivity index (χ0) is 22.1. The Balaban J connectivity index is 1.47. The number of carbonyl (C=O) groups is 1. The Morgan fingerprint density at radius 2 is 1.81 bits per heavy atom. The van der Waals surface area contributed by atoms with Gasteiger partial charge in [0.1, 0.15) is 5.75 Å². The highest BCUT2D eigenvalue weighted by Crippen LogP contribution is 2.36. The van der Waals surface area contributed by atoms with Crippen LogP contribution in [0, 0.1) is 0 Å². The van der Waals surface area contributed by atoms with Gasteiger partial charge in [0.25, 0.3) is 5.91 Å². The number of nitrogens with zero attached hydrogens (tertiary/aromatic N) is 2. The molecule has 4 aromatic rings. The van der Waals surface area contributed by atoms with Gasteiger partial charge in [-0.1, -0.05) is 30.3 Å². The molecule has 32 heavy (non-hydrogen) atoms. The summed E-state index contributed by atoms with van der Waals surface area (Å²) in [5, 5.41) is 15.0. The second kappa shape index (κ2) is 8.32. The molecule has 1 aromatic heterocycles. The number of carbonyl (C=O) groups excluding carboxylic acids is 1. The second-order valence-corrected chi connectivity index (χ2v) is 7.87. The van der Waals surface area contributed by atoms with Crippen molar-refractivity contribution < 1.29 is 19.4 Å². The minimum absolute atomic E-state index is 0.0901. The first kappa shape index (κ1) is 20.0. The van der Waals surface area contributed by atoms with Crippen molar-refractivity contribution in [2.45, 2.75) is 0 Å². The number of benzene rings is 3. The van der Waals surface area contributed by atoms with Crippen LogP contribution in [0.15, 0.2) is 76.3 Å². The zero-order valence-electron chi connectivity index (χ0n) is 16.6. The summed E-state index contributed by atoms with van der Waals surface area (Å²) in [4.78, 5) is 17.6. The number of hydrogen-bond acceptors (Lipinski definition) is 6. The Morgan fingerprint density at radius 1 is 1.06 bits per heavy atom. The van der Waals surface area contributed by atoms with Gasteiger partial charge in [0.05, 0.1) is 23.0 Å². The maximum atomic E-state index is 13.0. The van der Waals surface area contributed by atoms with E-state index >= 15 is 0 Å². The number of aromatic nitrogens is 1. The number of hydrazone groups is 1. The van der Waals surface area contributed by atoms with E-state index in [-0.39, 0.29) is 12.5 Å². The van der Waals surface area contributed by atoms with Gasteiger partial charge in [-0.2, -0.15) is 5.10 Å². The number of fused-ring (bicyclic) bond motifs is 2. The molecule has 0 unspecified atom stereocenters. The molecule has 0 aliphatic carbocycles. The number of ether oxygens (including phenoxy) is 2. The lowest BCUT2D eigenvalue weighted by Crippen LogP contribution is -2.18.